The first-order valence-corrected chi connectivity index (χ1v) is 6.27. The van der Waals surface area contributed by atoms with Gasteiger partial charge in [-0.3, -0.25) is 14.7 Å². The molecule has 2 N–H and O–H groups in total. The fourth-order valence-electron chi connectivity index (χ4n) is 1.88. The molecule has 0 fully saturated rings. The maximum Gasteiger partial charge on any atom is 0.282 e. The number of aliphatic hydroxyl groups is 1. The molecule has 0 unspecified atom stereocenters. The molecule has 0 bridgehead atoms. The molecule has 2 rings (SSSR count). The van der Waals surface area contributed by atoms with E-state index in [-0.39, 0.29) is 17.1 Å². The van der Waals surface area contributed by atoms with Crippen molar-refractivity contribution in [3.63, 3.8) is 0 Å². The van der Waals surface area contributed by atoms with E-state index in [1.54, 1.807) is 31.2 Å². The number of carbonyl (C=O) groups excluding carboxylic acids is 1. The number of allylic oxidation sites excluding steroid dienone is 1. The quantitative estimate of drug-likeness (QED) is 0.674. The van der Waals surface area contributed by atoms with Crippen molar-refractivity contribution < 1.29 is 9.90 Å². The molecule has 0 atom stereocenters. The maximum absolute atomic E-state index is 12.3. The molecule has 6 heteroatoms. The first kappa shape index (κ1) is 14.1. The van der Waals surface area contributed by atoms with Gasteiger partial charge in [-0.1, -0.05) is 11.6 Å². The topological polar surface area (TPSA) is 75.1 Å². The number of hydrogen-bond acceptors (Lipinski definition) is 3. The number of aliphatic hydroxyl groups excluding tert-OH is 1. The van der Waals surface area contributed by atoms with Crippen molar-refractivity contribution in [1.82, 2.24) is 9.78 Å². The summed E-state index contributed by atoms with van der Waals surface area (Å²) in [7, 11) is 0. The summed E-state index contributed by atoms with van der Waals surface area (Å²) in [5.41, 5.74) is 0.708. The van der Waals surface area contributed by atoms with Crippen LogP contribution in [0.25, 0.3) is 11.4 Å². The summed E-state index contributed by atoms with van der Waals surface area (Å²) in [6, 6.07) is 6.67. The Hall–Kier alpha value is -2.27. The fourth-order valence-corrected chi connectivity index (χ4v) is 2.01. The van der Waals surface area contributed by atoms with Gasteiger partial charge < -0.3 is 5.11 Å². The zero-order valence-corrected chi connectivity index (χ0v) is 11.7. The number of ketones is 1. The highest BCUT2D eigenvalue weighted by molar-refractivity contribution is 6.30. The van der Waals surface area contributed by atoms with Crippen LogP contribution >= 0.6 is 11.6 Å². The number of aryl methyl sites for hydroxylation is 1. The van der Waals surface area contributed by atoms with Gasteiger partial charge in [0.25, 0.3) is 5.56 Å². The zero-order chi connectivity index (χ0) is 14.9. The minimum Gasteiger partial charge on any atom is -0.507 e. The molecule has 0 radical (unpaired) electrons. The minimum atomic E-state index is -0.431. The summed E-state index contributed by atoms with van der Waals surface area (Å²) in [5, 5.41) is 13.3. The van der Waals surface area contributed by atoms with Gasteiger partial charge in [-0.2, -0.15) is 0 Å². The first-order valence-electron chi connectivity index (χ1n) is 5.89. The molecule has 0 aliphatic rings. The Morgan fingerprint density at radius 1 is 1.35 bits per heavy atom. The van der Waals surface area contributed by atoms with Gasteiger partial charge in [-0.25, -0.2) is 4.68 Å². The van der Waals surface area contributed by atoms with Crippen molar-refractivity contribution in [1.29, 1.82) is 0 Å². The van der Waals surface area contributed by atoms with Gasteiger partial charge >= 0.3 is 0 Å². The molecule has 5 nitrogen and oxygen atoms in total. The number of halogens is 1. The molecule has 0 amide bonds. The number of aromatic nitrogens is 2. The largest absolute Gasteiger partial charge is 0.507 e. The third kappa shape index (κ3) is 2.67. The van der Waals surface area contributed by atoms with Crippen molar-refractivity contribution in [3.05, 3.63) is 57.0 Å². The molecule has 1 aromatic carbocycles. The van der Waals surface area contributed by atoms with Crippen LogP contribution in [0.1, 0.15) is 18.2 Å². The van der Waals surface area contributed by atoms with E-state index in [1.807, 2.05) is 0 Å². The highest BCUT2D eigenvalue weighted by Gasteiger charge is 2.16. The average Bonchev–Trinajstić information content (AvgIpc) is 2.65. The van der Waals surface area contributed by atoms with Gasteiger partial charge in [0.05, 0.1) is 5.69 Å². The number of aromatic amines is 1. The number of rotatable bonds is 3. The molecule has 104 valence electrons. The lowest BCUT2D eigenvalue weighted by Gasteiger charge is -2.00. The maximum atomic E-state index is 12.3. The molecular weight excluding hydrogens is 280 g/mol. The van der Waals surface area contributed by atoms with E-state index < -0.39 is 5.56 Å². The van der Waals surface area contributed by atoms with Crippen LogP contribution in [0.15, 0.2) is 35.1 Å². The minimum absolute atomic E-state index is 0.0788. The van der Waals surface area contributed by atoms with Gasteiger partial charge in [0.2, 0.25) is 0 Å². The molecule has 0 aliphatic heterocycles. The molecule has 2 aromatic rings. The highest BCUT2D eigenvalue weighted by Crippen LogP contribution is 2.15. The normalized spacial score (nSPS) is 11.7. The van der Waals surface area contributed by atoms with E-state index in [4.69, 9.17) is 11.6 Å². The summed E-state index contributed by atoms with van der Waals surface area (Å²) < 4.78 is 1.28. The number of carbonyl (C=O) groups is 1. The molecule has 20 heavy (non-hydrogen) atoms. The van der Waals surface area contributed by atoms with Crippen molar-refractivity contribution in [2.24, 2.45) is 0 Å². The van der Waals surface area contributed by atoms with E-state index >= 15 is 0 Å². The van der Waals surface area contributed by atoms with Gasteiger partial charge in [0.1, 0.15) is 11.3 Å². The summed E-state index contributed by atoms with van der Waals surface area (Å²) in [6.45, 7) is 2.95. The standard InChI is InChI=1S/C14H13ClN2O3/c1-8(18)7-12(19)13-9(2)16-17(14(13)20)11-5-3-10(15)4-6-11/h3-7,16,19H,1-2H3. The average molecular weight is 293 g/mol. The lowest BCUT2D eigenvalue weighted by atomic mass is 10.2. The number of nitrogens with one attached hydrogen (secondary N) is 1. The van der Waals surface area contributed by atoms with E-state index in [0.717, 1.165) is 6.08 Å². The first-order chi connectivity index (χ1) is 9.40. The fraction of sp³-hybridized carbons (Fsp3) is 0.143. The van der Waals surface area contributed by atoms with Crippen LogP contribution in [-0.2, 0) is 4.79 Å². The summed E-state index contributed by atoms with van der Waals surface area (Å²) >= 11 is 5.80. The molecule has 0 aliphatic carbocycles. The molecular formula is C14H13ClN2O3. The number of H-pyrrole nitrogens is 1. The molecule has 0 spiro atoms. The second-order valence-corrected chi connectivity index (χ2v) is 4.81. The lowest BCUT2D eigenvalue weighted by Crippen LogP contribution is -2.17. The SMILES string of the molecule is CC(=O)C=C(O)c1c(C)[nH]n(-c2ccc(Cl)cc2)c1=O. The number of hydrogen-bond donors (Lipinski definition) is 2. The second kappa shape index (κ2) is 5.38. The van der Waals surface area contributed by atoms with Crippen LogP contribution in [0.5, 0.6) is 0 Å². The van der Waals surface area contributed by atoms with Crippen molar-refractivity contribution in [3.8, 4) is 5.69 Å². The van der Waals surface area contributed by atoms with Crippen LogP contribution in [0.2, 0.25) is 5.02 Å². The van der Waals surface area contributed by atoms with Crippen molar-refractivity contribution in [2.75, 3.05) is 0 Å². The smallest absolute Gasteiger partial charge is 0.282 e. The molecule has 0 saturated carbocycles. The van der Waals surface area contributed by atoms with Crippen LogP contribution in [-0.4, -0.2) is 20.7 Å². The Morgan fingerprint density at radius 2 is 1.95 bits per heavy atom. The number of benzene rings is 1. The summed E-state index contributed by atoms with van der Waals surface area (Å²) in [6.07, 6.45) is 1.02. The highest BCUT2D eigenvalue weighted by atomic mass is 35.5. The Kier molecular flexibility index (Phi) is 3.81. The van der Waals surface area contributed by atoms with Crippen LogP contribution < -0.4 is 5.56 Å². The predicted molar refractivity (Wildman–Crippen MR) is 77.4 cm³/mol. The lowest BCUT2D eigenvalue weighted by molar-refractivity contribution is -0.112. The Bertz CT molecular complexity index is 739. The Balaban J connectivity index is 2.57. The van der Waals surface area contributed by atoms with E-state index in [1.165, 1.54) is 11.6 Å². The van der Waals surface area contributed by atoms with Crippen LogP contribution in [0.3, 0.4) is 0 Å². The van der Waals surface area contributed by atoms with E-state index in [2.05, 4.69) is 5.10 Å². The van der Waals surface area contributed by atoms with Crippen LogP contribution in [0, 0.1) is 6.92 Å². The third-order valence-electron chi connectivity index (χ3n) is 2.75. The Labute approximate surface area is 120 Å². The molecule has 1 aromatic heterocycles. The molecule has 1 heterocycles. The van der Waals surface area contributed by atoms with Gasteiger partial charge in [0.15, 0.2) is 5.78 Å². The van der Waals surface area contributed by atoms with Gasteiger partial charge in [0, 0.05) is 16.8 Å². The second-order valence-electron chi connectivity index (χ2n) is 4.37. The summed E-state index contributed by atoms with van der Waals surface area (Å²) in [5.74, 6) is -0.676. The van der Waals surface area contributed by atoms with E-state index in [0.29, 0.717) is 16.4 Å². The summed E-state index contributed by atoms with van der Waals surface area (Å²) in [4.78, 5) is 23.3. The Morgan fingerprint density at radius 3 is 2.50 bits per heavy atom. The molecule has 0 saturated heterocycles. The van der Waals surface area contributed by atoms with Crippen LogP contribution in [0.4, 0.5) is 0 Å². The predicted octanol–water partition coefficient (Wildman–Crippen LogP) is 2.62. The third-order valence-corrected chi connectivity index (χ3v) is 3.00. The van der Waals surface area contributed by atoms with Crippen molar-refractivity contribution in [2.45, 2.75) is 13.8 Å². The zero-order valence-electron chi connectivity index (χ0n) is 11.0. The van der Waals surface area contributed by atoms with Gasteiger partial charge in [-0.15, -0.1) is 0 Å². The monoisotopic (exact) mass is 292 g/mol. The number of nitrogens with zero attached hydrogens (tertiary/aromatic N) is 1. The van der Waals surface area contributed by atoms with Crippen molar-refractivity contribution >= 4 is 23.1 Å². The van der Waals surface area contributed by atoms with E-state index in [9.17, 15) is 14.7 Å². The van der Waals surface area contributed by atoms with Gasteiger partial charge in [-0.05, 0) is 38.1 Å².